The number of nitrogens with zero attached hydrogens (tertiary/aromatic N) is 1. The van der Waals surface area contributed by atoms with E-state index in [4.69, 9.17) is 5.73 Å². The lowest BCUT2D eigenvalue weighted by Gasteiger charge is -2.37. The lowest BCUT2D eigenvalue weighted by Crippen LogP contribution is -2.51. The monoisotopic (exact) mass is 315 g/mol. The Morgan fingerprint density at radius 3 is 2.73 bits per heavy atom. The van der Waals surface area contributed by atoms with Crippen molar-refractivity contribution in [2.75, 3.05) is 13.1 Å². The van der Waals surface area contributed by atoms with Crippen LogP contribution in [0, 0.1) is 0 Å². The Balaban J connectivity index is 1.66. The van der Waals surface area contributed by atoms with Gasteiger partial charge in [0, 0.05) is 36.5 Å². The molecule has 2 aromatic rings. The average molecular weight is 315 g/mol. The first-order valence-corrected chi connectivity index (χ1v) is 8.45. The first kappa shape index (κ1) is 15.1. The second-order valence-corrected chi connectivity index (χ2v) is 6.73. The van der Waals surface area contributed by atoms with Gasteiger partial charge in [-0.25, -0.2) is 4.79 Å². The zero-order valence-corrected chi connectivity index (χ0v) is 13.3. The summed E-state index contributed by atoms with van der Waals surface area (Å²) in [5.41, 5.74) is 6.77. The largest absolute Gasteiger partial charge is 0.351 e. The summed E-state index contributed by atoms with van der Waals surface area (Å²) in [5.74, 6) is 0.370. The van der Waals surface area contributed by atoms with Crippen LogP contribution in [-0.2, 0) is 6.54 Å². The minimum Gasteiger partial charge on any atom is -0.351 e. The normalized spacial score (nSPS) is 21.7. The van der Waals surface area contributed by atoms with Crippen LogP contribution in [-0.4, -0.2) is 30.1 Å². The van der Waals surface area contributed by atoms with Gasteiger partial charge in [-0.3, -0.25) is 0 Å². The third kappa shape index (κ3) is 3.67. The highest BCUT2D eigenvalue weighted by atomic mass is 32.1. The van der Waals surface area contributed by atoms with Gasteiger partial charge in [0.2, 0.25) is 0 Å². The number of rotatable bonds is 4. The van der Waals surface area contributed by atoms with E-state index in [1.165, 1.54) is 10.4 Å². The lowest BCUT2D eigenvalue weighted by molar-refractivity contribution is 0.172. The van der Waals surface area contributed by atoms with Crippen LogP contribution < -0.4 is 11.1 Å². The van der Waals surface area contributed by atoms with E-state index >= 15 is 0 Å². The first-order chi connectivity index (χ1) is 10.7. The van der Waals surface area contributed by atoms with Crippen molar-refractivity contribution in [2.24, 2.45) is 5.73 Å². The highest BCUT2D eigenvalue weighted by Gasteiger charge is 2.30. The van der Waals surface area contributed by atoms with Crippen LogP contribution in [0.5, 0.6) is 0 Å². The fraction of sp³-hybridized carbons (Fsp3) is 0.353. The Morgan fingerprint density at radius 2 is 2.05 bits per heavy atom. The zero-order chi connectivity index (χ0) is 15.4. The lowest BCUT2D eigenvalue weighted by atomic mass is 9.93. The molecule has 0 saturated carbocycles. The zero-order valence-electron chi connectivity index (χ0n) is 12.4. The summed E-state index contributed by atoms with van der Waals surface area (Å²) in [6.45, 7) is 2.22. The number of hydrogen-bond acceptors (Lipinski definition) is 3. The maximum atomic E-state index is 11.6. The van der Waals surface area contributed by atoms with Crippen LogP contribution in [0.3, 0.4) is 0 Å². The van der Waals surface area contributed by atoms with Gasteiger partial charge in [-0.15, -0.1) is 11.3 Å². The van der Waals surface area contributed by atoms with Gasteiger partial charge in [-0.2, -0.15) is 0 Å². The number of carbonyl (C=O) groups is 1. The van der Waals surface area contributed by atoms with Gasteiger partial charge in [-0.1, -0.05) is 36.4 Å². The molecular weight excluding hydrogens is 294 g/mol. The summed E-state index contributed by atoms with van der Waals surface area (Å²) in [6, 6.07) is 14.5. The number of amides is 2. The van der Waals surface area contributed by atoms with E-state index in [0.29, 0.717) is 12.5 Å². The fourth-order valence-electron chi connectivity index (χ4n) is 3.01. The van der Waals surface area contributed by atoms with Crippen molar-refractivity contribution in [2.45, 2.75) is 24.9 Å². The van der Waals surface area contributed by atoms with Gasteiger partial charge in [0.1, 0.15) is 0 Å². The molecule has 0 radical (unpaired) electrons. The Morgan fingerprint density at radius 1 is 1.23 bits per heavy atom. The third-order valence-corrected chi connectivity index (χ3v) is 5.18. The van der Waals surface area contributed by atoms with Crippen LogP contribution in [0.15, 0.2) is 47.8 Å². The molecule has 116 valence electrons. The van der Waals surface area contributed by atoms with Crippen molar-refractivity contribution in [3.8, 4) is 0 Å². The third-order valence-electron chi connectivity index (χ3n) is 4.15. The van der Waals surface area contributed by atoms with E-state index in [1.807, 2.05) is 18.2 Å². The standard InChI is InChI=1S/C17H21N3OS/c18-17(21)20-11-14(16-7-4-8-22-16)9-15(12-20)19-10-13-5-2-1-3-6-13/h1-8,14-15,19H,9-12H2,(H2,18,21). The van der Waals surface area contributed by atoms with Crippen molar-refractivity contribution >= 4 is 17.4 Å². The minimum absolute atomic E-state index is 0.272. The molecule has 0 bridgehead atoms. The first-order valence-electron chi connectivity index (χ1n) is 7.57. The Labute approximate surface area is 134 Å². The molecule has 3 rings (SSSR count). The smallest absolute Gasteiger partial charge is 0.314 e. The van der Waals surface area contributed by atoms with E-state index in [-0.39, 0.29) is 12.1 Å². The van der Waals surface area contributed by atoms with E-state index < -0.39 is 0 Å². The summed E-state index contributed by atoms with van der Waals surface area (Å²) in [4.78, 5) is 14.7. The number of urea groups is 1. The molecule has 0 aliphatic carbocycles. The molecule has 1 aliphatic rings. The van der Waals surface area contributed by atoms with Gasteiger partial charge >= 0.3 is 6.03 Å². The van der Waals surface area contributed by atoms with Gasteiger partial charge < -0.3 is 16.0 Å². The minimum atomic E-state index is -0.326. The summed E-state index contributed by atoms with van der Waals surface area (Å²) in [6.07, 6.45) is 1.04. The molecule has 1 aromatic carbocycles. The Kier molecular flexibility index (Phi) is 4.75. The molecule has 2 heterocycles. The maximum absolute atomic E-state index is 11.6. The quantitative estimate of drug-likeness (QED) is 0.911. The Hall–Kier alpha value is -1.85. The molecule has 0 spiro atoms. The number of carbonyl (C=O) groups excluding carboxylic acids is 1. The Bertz CT molecular complexity index is 600. The van der Waals surface area contributed by atoms with Crippen LogP contribution in [0.2, 0.25) is 0 Å². The molecular formula is C17H21N3OS. The molecule has 1 aromatic heterocycles. The summed E-state index contributed by atoms with van der Waals surface area (Å²) in [7, 11) is 0. The van der Waals surface area contributed by atoms with Crippen LogP contribution >= 0.6 is 11.3 Å². The molecule has 1 aliphatic heterocycles. The highest BCUT2D eigenvalue weighted by Crippen LogP contribution is 2.30. The number of likely N-dealkylation sites (tertiary alicyclic amines) is 1. The molecule has 5 heteroatoms. The number of hydrogen-bond donors (Lipinski definition) is 2. The van der Waals surface area contributed by atoms with Crippen molar-refractivity contribution in [3.63, 3.8) is 0 Å². The molecule has 3 N–H and O–H groups in total. The predicted octanol–water partition coefficient (Wildman–Crippen LogP) is 2.77. The van der Waals surface area contributed by atoms with Crippen molar-refractivity contribution in [1.82, 2.24) is 10.2 Å². The van der Waals surface area contributed by atoms with Crippen LogP contribution in [0.25, 0.3) is 0 Å². The van der Waals surface area contributed by atoms with Crippen molar-refractivity contribution in [3.05, 3.63) is 58.3 Å². The van der Waals surface area contributed by atoms with Crippen molar-refractivity contribution < 1.29 is 4.79 Å². The van der Waals surface area contributed by atoms with Crippen molar-refractivity contribution in [1.29, 1.82) is 0 Å². The number of nitrogens with one attached hydrogen (secondary N) is 1. The molecule has 2 unspecified atom stereocenters. The van der Waals surface area contributed by atoms with Crippen LogP contribution in [0.1, 0.15) is 22.8 Å². The highest BCUT2D eigenvalue weighted by molar-refractivity contribution is 7.10. The van der Waals surface area contributed by atoms with Gasteiger partial charge in [0.15, 0.2) is 0 Å². The second kappa shape index (κ2) is 6.94. The number of primary amides is 1. The maximum Gasteiger partial charge on any atom is 0.314 e. The van der Waals surface area contributed by atoms with Gasteiger partial charge in [-0.05, 0) is 23.4 Å². The number of nitrogens with two attached hydrogens (primary N) is 1. The molecule has 1 fully saturated rings. The molecule has 2 amide bonds. The molecule has 22 heavy (non-hydrogen) atoms. The molecule has 2 atom stereocenters. The van der Waals surface area contributed by atoms with E-state index in [0.717, 1.165) is 19.5 Å². The summed E-state index contributed by atoms with van der Waals surface area (Å²) >= 11 is 1.75. The van der Waals surface area contributed by atoms with Gasteiger partial charge in [0.05, 0.1) is 0 Å². The van der Waals surface area contributed by atoms with E-state index in [1.54, 1.807) is 16.2 Å². The SMILES string of the molecule is NC(=O)N1CC(NCc2ccccc2)CC(c2cccs2)C1. The predicted molar refractivity (Wildman–Crippen MR) is 89.9 cm³/mol. The fourth-order valence-corrected chi connectivity index (χ4v) is 3.85. The number of piperidine rings is 1. The molecule has 1 saturated heterocycles. The number of benzene rings is 1. The summed E-state index contributed by atoms with van der Waals surface area (Å²) in [5, 5.41) is 5.66. The number of thiophene rings is 1. The molecule has 4 nitrogen and oxygen atoms in total. The second-order valence-electron chi connectivity index (χ2n) is 5.75. The van der Waals surface area contributed by atoms with E-state index in [9.17, 15) is 4.79 Å². The van der Waals surface area contributed by atoms with Gasteiger partial charge in [0.25, 0.3) is 0 Å². The van der Waals surface area contributed by atoms with Crippen LogP contribution in [0.4, 0.5) is 4.79 Å². The topological polar surface area (TPSA) is 58.4 Å². The average Bonchev–Trinajstić information content (AvgIpc) is 3.08. The van der Waals surface area contributed by atoms with E-state index in [2.05, 4.69) is 35.0 Å². The summed E-state index contributed by atoms with van der Waals surface area (Å²) < 4.78 is 0.